The average Bonchev–Trinajstić information content (AvgIpc) is 3.03. The molecule has 0 N–H and O–H groups in total. The Morgan fingerprint density at radius 2 is 1.79 bits per heavy atom. The Kier molecular flexibility index (Phi) is 5.01. The van der Waals surface area contributed by atoms with Gasteiger partial charge in [0.15, 0.2) is 11.5 Å². The van der Waals surface area contributed by atoms with E-state index in [1.165, 1.54) is 0 Å². The standard InChI is InChI=1S/C23H23NO5/c1-27-19-9-7-16(15-20(19)28-2)8-10-21(25)24-13-11-23(12-14-24)18-6-4-3-5-17(18)22(26)29-23/h3-10,15H,11-14H2,1-2H3/b10-8+. The van der Waals surface area contributed by atoms with Crippen molar-refractivity contribution in [3.63, 3.8) is 0 Å². The number of likely N-dealkylation sites (tertiary alicyclic amines) is 1. The number of ether oxygens (including phenoxy) is 3. The fraction of sp³-hybridized carbons (Fsp3) is 0.304. The third-order valence-corrected chi connectivity index (χ3v) is 5.63. The predicted molar refractivity (Wildman–Crippen MR) is 108 cm³/mol. The lowest BCUT2D eigenvalue weighted by Gasteiger charge is -2.38. The molecule has 2 aromatic rings. The van der Waals surface area contributed by atoms with Gasteiger partial charge in [-0.15, -0.1) is 0 Å². The molecular weight excluding hydrogens is 370 g/mol. The lowest BCUT2D eigenvalue weighted by Crippen LogP contribution is -2.44. The first-order chi connectivity index (χ1) is 14.1. The number of rotatable bonds is 4. The highest BCUT2D eigenvalue weighted by Gasteiger charge is 2.47. The number of hydrogen-bond donors (Lipinski definition) is 0. The van der Waals surface area contributed by atoms with E-state index in [0.717, 1.165) is 11.1 Å². The zero-order valence-electron chi connectivity index (χ0n) is 16.5. The van der Waals surface area contributed by atoms with E-state index in [2.05, 4.69) is 0 Å². The van der Waals surface area contributed by atoms with E-state index in [1.54, 1.807) is 43.4 Å². The van der Waals surface area contributed by atoms with Gasteiger partial charge in [0.1, 0.15) is 5.60 Å². The Bertz CT molecular complexity index is 973. The van der Waals surface area contributed by atoms with Gasteiger partial charge in [-0.3, -0.25) is 4.79 Å². The summed E-state index contributed by atoms with van der Waals surface area (Å²) < 4.78 is 16.3. The maximum atomic E-state index is 12.6. The van der Waals surface area contributed by atoms with Crippen LogP contribution < -0.4 is 9.47 Å². The normalized spacial score (nSPS) is 17.3. The third kappa shape index (κ3) is 3.46. The summed E-state index contributed by atoms with van der Waals surface area (Å²) in [5.74, 6) is 0.924. The molecule has 0 bridgehead atoms. The van der Waals surface area contributed by atoms with Crippen molar-refractivity contribution in [2.45, 2.75) is 18.4 Å². The van der Waals surface area contributed by atoms with Gasteiger partial charge in [0.25, 0.3) is 0 Å². The first kappa shape index (κ1) is 19.1. The lowest BCUT2D eigenvalue weighted by atomic mass is 9.84. The molecule has 2 aliphatic heterocycles. The molecule has 6 nitrogen and oxygen atoms in total. The van der Waals surface area contributed by atoms with Gasteiger partial charge in [0.2, 0.25) is 5.91 Å². The molecule has 29 heavy (non-hydrogen) atoms. The van der Waals surface area contributed by atoms with E-state index in [0.29, 0.717) is 43.0 Å². The van der Waals surface area contributed by atoms with E-state index < -0.39 is 5.60 Å². The maximum Gasteiger partial charge on any atom is 0.339 e. The van der Waals surface area contributed by atoms with Crippen molar-refractivity contribution >= 4 is 18.0 Å². The van der Waals surface area contributed by atoms with Crippen LogP contribution in [0.15, 0.2) is 48.5 Å². The fourth-order valence-electron chi connectivity index (χ4n) is 4.03. The summed E-state index contributed by atoms with van der Waals surface area (Å²) in [6.45, 7) is 1.08. The molecule has 2 heterocycles. The SMILES string of the molecule is COc1ccc(/C=C/C(=O)N2CCC3(CC2)OC(=O)c2ccccc23)cc1OC. The van der Waals surface area contributed by atoms with Crippen LogP contribution >= 0.6 is 0 Å². The van der Waals surface area contributed by atoms with Gasteiger partial charge in [0, 0.05) is 37.6 Å². The van der Waals surface area contributed by atoms with Crippen LogP contribution in [0.3, 0.4) is 0 Å². The smallest absolute Gasteiger partial charge is 0.339 e. The van der Waals surface area contributed by atoms with Crippen LogP contribution in [0, 0.1) is 0 Å². The van der Waals surface area contributed by atoms with Gasteiger partial charge in [0.05, 0.1) is 19.8 Å². The quantitative estimate of drug-likeness (QED) is 0.588. The van der Waals surface area contributed by atoms with Crippen LogP contribution in [-0.4, -0.2) is 44.1 Å². The number of fused-ring (bicyclic) bond motifs is 2. The number of amides is 1. The summed E-state index contributed by atoms with van der Waals surface area (Å²) in [6, 6.07) is 13.0. The van der Waals surface area contributed by atoms with Gasteiger partial charge >= 0.3 is 5.97 Å². The van der Waals surface area contributed by atoms with Gasteiger partial charge < -0.3 is 19.1 Å². The molecule has 1 saturated heterocycles. The van der Waals surface area contributed by atoms with Crippen molar-refractivity contribution in [2.75, 3.05) is 27.3 Å². The van der Waals surface area contributed by atoms with Crippen LogP contribution in [0.25, 0.3) is 6.08 Å². The maximum absolute atomic E-state index is 12.6. The van der Waals surface area contributed by atoms with Crippen LogP contribution in [0.2, 0.25) is 0 Å². The molecule has 0 aromatic heterocycles. The Labute approximate surface area is 169 Å². The molecule has 1 fully saturated rings. The molecule has 6 heteroatoms. The van der Waals surface area contributed by atoms with Crippen molar-refractivity contribution in [1.29, 1.82) is 0 Å². The molecule has 0 aliphatic carbocycles. The van der Waals surface area contributed by atoms with Crippen molar-refractivity contribution in [3.8, 4) is 11.5 Å². The largest absolute Gasteiger partial charge is 0.493 e. The monoisotopic (exact) mass is 393 g/mol. The molecule has 0 saturated carbocycles. The van der Waals surface area contributed by atoms with Crippen molar-refractivity contribution in [1.82, 2.24) is 4.90 Å². The predicted octanol–water partition coefficient (Wildman–Crippen LogP) is 3.41. The molecule has 0 radical (unpaired) electrons. The van der Waals surface area contributed by atoms with Crippen molar-refractivity contribution in [2.24, 2.45) is 0 Å². The molecule has 2 aliphatic rings. The van der Waals surface area contributed by atoms with Gasteiger partial charge in [-0.05, 0) is 29.8 Å². The molecule has 1 spiro atoms. The van der Waals surface area contributed by atoms with Crippen LogP contribution in [0.1, 0.15) is 34.3 Å². The Hall–Kier alpha value is -3.28. The summed E-state index contributed by atoms with van der Waals surface area (Å²) in [5, 5.41) is 0. The second kappa shape index (κ2) is 7.62. The number of piperidine rings is 1. The van der Waals surface area contributed by atoms with Gasteiger partial charge in [-0.1, -0.05) is 24.3 Å². The minimum Gasteiger partial charge on any atom is -0.493 e. The number of carbonyl (C=O) groups excluding carboxylic acids is 2. The number of esters is 1. The highest BCUT2D eigenvalue weighted by Crippen LogP contribution is 2.43. The lowest BCUT2D eigenvalue weighted by molar-refractivity contribution is -0.130. The van der Waals surface area contributed by atoms with E-state index in [-0.39, 0.29) is 11.9 Å². The minimum absolute atomic E-state index is 0.0627. The van der Waals surface area contributed by atoms with Gasteiger partial charge in [-0.25, -0.2) is 4.79 Å². The molecule has 0 unspecified atom stereocenters. The molecule has 0 atom stereocenters. The van der Waals surface area contributed by atoms with E-state index in [9.17, 15) is 9.59 Å². The summed E-state index contributed by atoms with van der Waals surface area (Å²) in [7, 11) is 3.16. The Balaban J connectivity index is 1.43. The van der Waals surface area contributed by atoms with E-state index in [4.69, 9.17) is 14.2 Å². The molecule has 4 rings (SSSR count). The number of hydrogen-bond acceptors (Lipinski definition) is 5. The van der Waals surface area contributed by atoms with Crippen molar-refractivity contribution in [3.05, 3.63) is 65.2 Å². The fourth-order valence-corrected chi connectivity index (χ4v) is 4.03. The summed E-state index contributed by atoms with van der Waals surface area (Å²) in [4.78, 5) is 26.6. The number of carbonyl (C=O) groups is 2. The third-order valence-electron chi connectivity index (χ3n) is 5.63. The molecule has 1 amide bonds. The first-order valence-corrected chi connectivity index (χ1v) is 9.58. The average molecular weight is 393 g/mol. The number of nitrogens with zero attached hydrogens (tertiary/aromatic N) is 1. The summed E-state index contributed by atoms with van der Waals surface area (Å²) >= 11 is 0. The molecule has 2 aromatic carbocycles. The van der Waals surface area contributed by atoms with E-state index in [1.807, 2.05) is 30.3 Å². The van der Waals surface area contributed by atoms with Gasteiger partial charge in [-0.2, -0.15) is 0 Å². The zero-order chi connectivity index (χ0) is 20.4. The van der Waals surface area contributed by atoms with Crippen LogP contribution in [-0.2, 0) is 15.1 Å². The van der Waals surface area contributed by atoms with Crippen molar-refractivity contribution < 1.29 is 23.8 Å². The van der Waals surface area contributed by atoms with Crippen LogP contribution in [0.5, 0.6) is 11.5 Å². The second-order valence-electron chi connectivity index (χ2n) is 7.20. The van der Waals surface area contributed by atoms with E-state index >= 15 is 0 Å². The Morgan fingerprint density at radius 3 is 2.52 bits per heavy atom. The van der Waals surface area contributed by atoms with Crippen LogP contribution in [0.4, 0.5) is 0 Å². The zero-order valence-corrected chi connectivity index (χ0v) is 16.5. The summed E-state index contributed by atoms with van der Waals surface area (Å²) in [6.07, 6.45) is 4.53. The number of methoxy groups -OCH3 is 2. The second-order valence-corrected chi connectivity index (χ2v) is 7.20. The number of benzene rings is 2. The highest BCUT2D eigenvalue weighted by atomic mass is 16.6. The molecular formula is C23H23NO5. The first-order valence-electron chi connectivity index (χ1n) is 9.58. The minimum atomic E-state index is -0.600. The topological polar surface area (TPSA) is 65.1 Å². The Morgan fingerprint density at radius 1 is 1.07 bits per heavy atom. The summed E-state index contributed by atoms with van der Waals surface area (Å²) in [5.41, 5.74) is 1.83. The highest BCUT2D eigenvalue weighted by molar-refractivity contribution is 5.95. The molecule has 150 valence electrons.